The number of nitrogens with zero attached hydrogens (tertiary/aromatic N) is 1. The van der Waals surface area contributed by atoms with E-state index in [1.807, 2.05) is 0 Å². The Kier molecular flexibility index (Phi) is 6.18. The van der Waals surface area contributed by atoms with Crippen molar-refractivity contribution < 1.29 is 24.2 Å². The highest BCUT2D eigenvalue weighted by Gasteiger charge is 2.27. The molecule has 0 radical (unpaired) electrons. The van der Waals surface area contributed by atoms with Gasteiger partial charge in [0.25, 0.3) is 0 Å². The minimum Gasteiger partial charge on any atom is -0.481 e. The molecule has 2 aliphatic rings. The molecule has 0 aromatic heterocycles. The first-order valence-electron chi connectivity index (χ1n) is 7.94. The van der Waals surface area contributed by atoms with Crippen LogP contribution in [-0.4, -0.2) is 60.1 Å². The number of carbonyl (C=O) groups excluding carboxylic acids is 2. The van der Waals surface area contributed by atoms with Crippen LogP contribution < -0.4 is 5.32 Å². The Hall–Kier alpha value is -1.63. The minimum atomic E-state index is -0.749. The van der Waals surface area contributed by atoms with Crippen molar-refractivity contribution in [1.82, 2.24) is 10.2 Å². The van der Waals surface area contributed by atoms with Gasteiger partial charge in [-0.3, -0.25) is 14.4 Å². The number of ether oxygens (including phenoxy) is 1. The highest BCUT2D eigenvalue weighted by atomic mass is 16.5. The van der Waals surface area contributed by atoms with Crippen LogP contribution in [0.15, 0.2) is 0 Å². The van der Waals surface area contributed by atoms with Crippen molar-refractivity contribution >= 4 is 17.8 Å². The van der Waals surface area contributed by atoms with Gasteiger partial charge >= 0.3 is 5.97 Å². The van der Waals surface area contributed by atoms with E-state index in [2.05, 4.69) is 5.32 Å². The third-order valence-electron chi connectivity index (χ3n) is 4.37. The molecule has 2 rings (SSSR count). The number of hydrogen-bond donors (Lipinski definition) is 2. The Bertz CT molecular complexity index is 412. The van der Waals surface area contributed by atoms with Gasteiger partial charge in [0.05, 0.1) is 19.1 Å². The molecular formula is C15H24N2O5. The highest BCUT2D eigenvalue weighted by molar-refractivity contribution is 5.84. The molecule has 7 heteroatoms. The van der Waals surface area contributed by atoms with E-state index >= 15 is 0 Å². The van der Waals surface area contributed by atoms with Gasteiger partial charge in [0.2, 0.25) is 11.8 Å². The Morgan fingerprint density at radius 1 is 1.05 bits per heavy atom. The van der Waals surface area contributed by atoms with Crippen LogP contribution in [0.2, 0.25) is 0 Å². The number of amides is 2. The third kappa shape index (κ3) is 4.98. The number of carboxylic acid groups (broad SMARTS) is 1. The molecule has 1 aliphatic carbocycles. The normalized spacial score (nSPS) is 25.5. The summed E-state index contributed by atoms with van der Waals surface area (Å²) in [5, 5.41) is 11.8. The zero-order chi connectivity index (χ0) is 15.9. The van der Waals surface area contributed by atoms with Crippen LogP contribution in [-0.2, 0) is 19.1 Å². The van der Waals surface area contributed by atoms with Crippen molar-refractivity contribution in [2.24, 2.45) is 5.92 Å². The molecule has 22 heavy (non-hydrogen) atoms. The van der Waals surface area contributed by atoms with Gasteiger partial charge in [-0.15, -0.1) is 0 Å². The Labute approximate surface area is 130 Å². The smallest absolute Gasteiger partial charge is 0.306 e. The average molecular weight is 312 g/mol. The van der Waals surface area contributed by atoms with Gasteiger partial charge in [0.15, 0.2) is 0 Å². The van der Waals surface area contributed by atoms with Crippen molar-refractivity contribution in [2.75, 3.05) is 26.3 Å². The summed E-state index contributed by atoms with van der Waals surface area (Å²) in [5.74, 6) is -1.16. The molecule has 0 bridgehead atoms. The van der Waals surface area contributed by atoms with Crippen LogP contribution in [0.3, 0.4) is 0 Å². The molecule has 2 fully saturated rings. The third-order valence-corrected chi connectivity index (χ3v) is 4.37. The van der Waals surface area contributed by atoms with Crippen LogP contribution >= 0.6 is 0 Å². The van der Waals surface area contributed by atoms with E-state index in [-0.39, 0.29) is 36.6 Å². The van der Waals surface area contributed by atoms with Crippen molar-refractivity contribution in [3.05, 3.63) is 0 Å². The van der Waals surface area contributed by atoms with Crippen LogP contribution in [0.25, 0.3) is 0 Å². The zero-order valence-electron chi connectivity index (χ0n) is 12.8. The van der Waals surface area contributed by atoms with E-state index in [4.69, 9.17) is 9.84 Å². The molecule has 0 atom stereocenters. The summed E-state index contributed by atoms with van der Waals surface area (Å²) in [7, 11) is 0. The summed E-state index contributed by atoms with van der Waals surface area (Å²) < 4.78 is 5.19. The van der Waals surface area contributed by atoms with Gasteiger partial charge < -0.3 is 20.1 Å². The molecular weight excluding hydrogens is 288 g/mol. The second-order valence-electron chi connectivity index (χ2n) is 5.95. The first kappa shape index (κ1) is 16.7. The number of hydrogen-bond acceptors (Lipinski definition) is 4. The first-order chi connectivity index (χ1) is 10.6. The predicted octanol–water partition coefficient (Wildman–Crippen LogP) is 0.385. The highest BCUT2D eigenvalue weighted by Crippen LogP contribution is 2.24. The standard InChI is InChI=1S/C15H24N2O5/c18-13(5-6-14(19)17-7-9-22-10-8-17)16-12-3-1-11(2-4-12)15(20)21/h11-12H,1-10H2,(H,16,18)(H,20,21). The Balaban J connectivity index is 1.63. The number of nitrogens with one attached hydrogen (secondary N) is 1. The van der Waals surface area contributed by atoms with Gasteiger partial charge in [0, 0.05) is 32.0 Å². The maximum Gasteiger partial charge on any atom is 0.306 e. The van der Waals surface area contributed by atoms with E-state index in [9.17, 15) is 14.4 Å². The fourth-order valence-electron chi connectivity index (χ4n) is 2.98. The number of carboxylic acids is 1. The van der Waals surface area contributed by atoms with Crippen molar-refractivity contribution in [2.45, 2.75) is 44.6 Å². The zero-order valence-corrected chi connectivity index (χ0v) is 12.8. The molecule has 0 unspecified atom stereocenters. The predicted molar refractivity (Wildman–Crippen MR) is 78.2 cm³/mol. The lowest BCUT2D eigenvalue weighted by atomic mass is 9.86. The summed E-state index contributed by atoms with van der Waals surface area (Å²) in [6.07, 6.45) is 3.01. The number of carbonyl (C=O) groups is 3. The molecule has 1 saturated heterocycles. The summed E-state index contributed by atoms with van der Waals surface area (Å²) >= 11 is 0. The summed E-state index contributed by atoms with van der Waals surface area (Å²) in [6.45, 7) is 2.31. The molecule has 1 saturated carbocycles. The lowest BCUT2D eigenvalue weighted by Gasteiger charge is -2.28. The van der Waals surface area contributed by atoms with E-state index < -0.39 is 5.97 Å². The molecule has 0 aromatic carbocycles. The molecule has 2 N–H and O–H groups in total. The van der Waals surface area contributed by atoms with E-state index in [0.29, 0.717) is 52.0 Å². The monoisotopic (exact) mass is 312 g/mol. The van der Waals surface area contributed by atoms with Gasteiger partial charge in [-0.1, -0.05) is 0 Å². The summed E-state index contributed by atoms with van der Waals surface area (Å²) in [4.78, 5) is 36.4. The first-order valence-corrected chi connectivity index (χ1v) is 7.94. The van der Waals surface area contributed by atoms with Crippen LogP contribution in [0.4, 0.5) is 0 Å². The largest absolute Gasteiger partial charge is 0.481 e. The average Bonchev–Trinajstić information content (AvgIpc) is 2.54. The maximum absolute atomic E-state index is 11.9. The second-order valence-corrected chi connectivity index (χ2v) is 5.95. The molecule has 124 valence electrons. The Morgan fingerprint density at radius 3 is 2.27 bits per heavy atom. The second kappa shape index (κ2) is 8.12. The van der Waals surface area contributed by atoms with Crippen molar-refractivity contribution in [3.8, 4) is 0 Å². The van der Waals surface area contributed by atoms with E-state index in [1.54, 1.807) is 4.90 Å². The van der Waals surface area contributed by atoms with Gasteiger partial charge in [0.1, 0.15) is 0 Å². The lowest BCUT2D eigenvalue weighted by Crippen LogP contribution is -2.42. The lowest BCUT2D eigenvalue weighted by molar-refractivity contribution is -0.143. The molecule has 0 aromatic rings. The van der Waals surface area contributed by atoms with E-state index in [1.165, 1.54) is 0 Å². The van der Waals surface area contributed by atoms with Crippen molar-refractivity contribution in [1.29, 1.82) is 0 Å². The number of rotatable bonds is 5. The maximum atomic E-state index is 11.9. The molecule has 1 aliphatic heterocycles. The molecule has 2 amide bonds. The topological polar surface area (TPSA) is 95.9 Å². The SMILES string of the molecule is O=C(CCC(=O)N1CCOCC1)NC1CCC(C(=O)O)CC1. The quantitative estimate of drug-likeness (QED) is 0.765. The minimum absolute atomic E-state index is 0.00645. The number of aliphatic carboxylic acids is 1. The van der Waals surface area contributed by atoms with Crippen molar-refractivity contribution in [3.63, 3.8) is 0 Å². The van der Waals surface area contributed by atoms with Crippen LogP contribution in [0.1, 0.15) is 38.5 Å². The van der Waals surface area contributed by atoms with Crippen LogP contribution in [0, 0.1) is 5.92 Å². The van der Waals surface area contributed by atoms with E-state index in [0.717, 1.165) is 0 Å². The van der Waals surface area contributed by atoms with Gasteiger partial charge in [-0.05, 0) is 25.7 Å². The molecule has 0 spiro atoms. The van der Waals surface area contributed by atoms with Gasteiger partial charge in [-0.2, -0.15) is 0 Å². The fourth-order valence-corrected chi connectivity index (χ4v) is 2.98. The number of morpholine rings is 1. The summed E-state index contributed by atoms with van der Waals surface area (Å²) in [5.41, 5.74) is 0. The fraction of sp³-hybridized carbons (Fsp3) is 0.800. The summed E-state index contributed by atoms with van der Waals surface area (Å²) in [6, 6.07) is 0.0431. The Morgan fingerprint density at radius 2 is 1.68 bits per heavy atom. The van der Waals surface area contributed by atoms with Crippen LogP contribution in [0.5, 0.6) is 0 Å². The molecule has 7 nitrogen and oxygen atoms in total. The molecule has 1 heterocycles. The van der Waals surface area contributed by atoms with Gasteiger partial charge in [-0.25, -0.2) is 0 Å².